The maximum absolute atomic E-state index is 6.37. The van der Waals surface area contributed by atoms with Gasteiger partial charge in [-0.05, 0) is 37.3 Å². The molecule has 2 aromatic carbocycles. The van der Waals surface area contributed by atoms with Crippen molar-refractivity contribution in [2.45, 2.75) is 6.92 Å². The van der Waals surface area contributed by atoms with Crippen molar-refractivity contribution in [3.05, 3.63) is 53.7 Å². The van der Waals surface area contributed by atoms with E-state index < -0.39 is 0 Å². The van der Waals surface area contributed by atoms with Crippen LogP contribution in [0, 0.1) is 0 Å². The van der Waals surface area contributed by atoms with Gasteiger partial charge in [0.05, 0.1) is 44.3 Å². The van der Waals surface area contributed by atoms with Crippen LogP contribution < -0.4 is 18.9 Å². The van der Waals surface area contributed by atoms with E-state index in [1.807, 2.05) is 60.2 Å². The van der Waals surface area contributed by atoms with E-state index in [1.54, 1.807) is 21.3 Å². The molecule has 0 fully saturated rings. The van der Waals surface area contributed by atoms with Crippen LogP contribution in [0.15, 0.2) is 48.7 Å². The highest BCUT2D eigenvalue weighted by atomic mass is 35.5. The van der Waals surface area contributed by atoms with E-state index in [4.69, 9.17) is 30.5 Å². The Hall–Kier alpha value is -2.79. The topological polar surface area (TPSA) is 41.9 Å². The number of nitrogens with zero attached hydrogens (tertiary/aromatic N) is 1. The summed E-state index contributed by atoms with van der Waals surface area (Å²) in [6.45, 7) is 2.50. The smallest absolute Gasteiger partial charge is 0.203 e. The molecule has 0 aliphatic rings. The lowest BCUT2D eigenvalue weighted by molar-refractivity contribution is 0.324. The van der Waals surface area contributed by atoms with E-state index in [-0.39, 0.29) is 0 Å². The molecule has 0 N–H and O–H groups in total. The average Bonchev–Trinajstić information content (AvgIpc) is 3.18. The van der Waals surface area contributed by atoms with Gasteiger partial charge in [-0.1, -0.05) is 11.6 Å². The number of benzene rings is 2. The molecule has 3 aromatic rings. The number of halogens is 1. The first-order valence-electron chi connectivity index (χ1n) is 8.53. The Kier molecular flexibility index (Phi) is 5.81. The monoisotopic (exact) mass is 387 g/mol. The molecule has 0 saturated carbocycles. The van der Waals surface area contributed by atoms with Gasteiger partial charge in [-0.3, -0.25) is 0 Å². The predicted molar refractivity (Wildman–Crippen MR) is 107 cm³/mol. The summed E-state index contributed by atoms with van der Waals surface area (Å²) in [6.07, 6.45) is 1.97. The zero-order valence-electron chi connectivity index (χ0n) is 15.8. The van der Waals surface area contributed by atoms with Crippen molar-refractivity contribution in [1.29, 1.82) is 0 Å². The van der Waals surface area contributed by atoms with Crippen molar-refractivity contribution in [3.63, 3.8) is 0 Å². The SMILES string of the molecule is CCOc1ccc(-c2cccn2-c2cc(OC)c(OC)c(OC)c2)cc1Cl. The molecule has 5 nitrogen and oxygen atoms in total. The van der Waals surface area contributed by atoms with Crippen LogP contribution in [-0.4, -0.2) is 32.5 Å². The molecule has 0 atom stereocenters. The van der Waals surface area contributed by atoms with Crippen LogP contribution in [-0.2, 0) is 0 Å². The Balaban J connectivity index is 2.09. The molecular weight excluding hydrogens is 366 g/mol. The minimum atomic E-state index is 0.557. The van der Waals surface area contributed by atoms with Gasteiger partial charge in [0.25, 0.3) is 0 Å². The fraction of sp³-hybridized carbons (Fsp3) is 0.238. The normalized spacial score (nSPS) is 10.6. The van der Waals surface area contributed by atoms with Crippen molar-refractivity contribution in [3.8, 4) is 39.9 Å². The zero-order chi connectivity index (χ0) is 19.4. The Morgan fingerprint density at radius 3 is 2.15 bits per heavy atom. The van der Waals surface area contributed by atoms with Gasteiger partial charge in [0.15, 0.2) is 11.5 Å². The number of ether oxygens (including phenoxy) is 4. The van der Waals surface area contributed by atoms with Crippen molar-refractivity contribution < 1.29 is 18.9 Å². The summed E-state index contributed by atoms with van der Waals surface area (Å²) >= 11 is 6.37. The standard InChI is InChI=1S/C21H22ClNO4/c1-5-27-18-9-8-14(11-16(18)22)17-7-6-10-23(17)15-12-19(24-2)21(26-4)20(13-15)25-3/h6-13H,5H2,1-4H3. The van der Waals surface area contributed by atoms with Gasteiger partial charge in [0, 0.05) is 23.9 Å². The summed E-state index contributed by atoms with van der Waals surface area (Å²) in [4.78, 5) is 0. The minimum absolute atomic E-state index is 0.557. The van der Waals surface area contributed by atoms with Crippen molar-refractivity contribution in [2.24, 2.45) is 0 Å². The number of hydrogen-bond donors (Lipinski definition) is 0. The van der Waals surface area contributed by atoms with Crippen molar-refractivity contribution in [1.82, 2.24) is 4.57 Å². The Morgan fingerprint density at radius 2 is 1.59 bits per heavy atom. The lowest BCUT2D eigenvalue weighted by atomic mass is 10.1. The number of rotatable bonds is 7. The van der Waals surface area contributed by atoms with Gasteiger partial charge in [0.1, 0.15) is 5.75 Å². The van der Waals surface area contributed by atoms with Crippen LogP contribution in [0.2, 0.25) is 5.02 Å². The molecule has 0 radical (unpaired) electrons. The third-order valence-electron chi connectivity index (χ3n) is 4.20. The summed E-state index contributed by atoms with van der Waals surface area (Å²) in [5, 5.41) is 0.576. The summed E-state index contributed by atoms with van der Waals surface area (Å²) in [5.41, 5.74) is 2.84. The Labute approximate surface area is 164 Å². The van der Waals surface area contributed by atoms with E-state index in [2.05, 4.69) is 0 Å². The highest BCUT2D eigenvalue weighted by Gasteiger charge is 2.16. The molecule has 0 bridgehead atoms. The van der Waals surface area contributed by atoms with Gasteiger partial charge in [0.2, 0.25) is 5.75 Å². The van der Waals surface area contributed by atoms with E-state index in [0.717, 1.165) is 16.9 Å². The fourth-order valence-corrected chi connectivity index (χ4v) is 3.22. The summed E-state index contributed by atoms with van der Waals surface area (Å²) in [7, 11) is 4.79. The van der Waals surface area contributed by atoms with E-state index in [0.29, 0.717) is 34.6 Å². The van der Waals surface area contributed by atoms with E-state index in [1.165, 1.54) is 0 Å². The van der Waals surface area contributed by atoms with E-state index >= 15 is 0 Å². The third-order valence-corrected chi connectivity index (χ3v) is 4.50. The predicted octanol–water partition coefficient (Wildman–Crippen LogP) is 5.22. The Bertz CT molecular complexity index is 911. The van der Waals surface area contributed by atoms with Gasteiger partial charge in [-0.25, -0.2) is 0 Å². The average molecular weight is 388 g/mol. The number of aromatic nitrogens is 1. The molecule has 0 spiro atoms. The molecule has 6 heteroatoms. The van der Waals surface area contributed by atoms with Crippen LogP contribution in [0.3, 0.4) is 0 Å². The maximum atomic E-state index is 6.37. The molecule has 1 aromatic heterocycles. The van der Waals surface area contributed by atoms with Crippen LogP contribution in [0.5, 0.6) is 23.0 Å². The molecule has 0 unspecified atom stereocenters. The van der Waals surface area contributed by atoms with Crippen LogP contribution in [0.1, 0.15) is 6.92 Å². The second kappa shape index (κ2) is 8.27. The molecule has 0 saturated heterocycles. The highest BCUT2D eigenvalue weighted by Crippen LogP contribution is 2.40. The molecular formula is C21H22ClNO4. The molecule has 142 valence electrons. The molecule has 0 aliphatic heterocycles. The van der Waals surface area contributed by atoms with E-state index in [9.17, 15) is 0 Å². The molecule has 0 aliphatic carbocycles. The first kappa shape index (κ1) is 19.0. The lowest BCUT2D eigenvalue weighted by Gasteiger charge is -2.16. The first-order chi connectivity index (χ1) is 13.1. The molecule has 0 amide bonds. The second-order valence-electron chi connectivity index (χ2n) is 5.73. The molecule has 3 rings (SSSR count). The summed E-state index contributed by atoms with van der Waals surface area (Å²) < 4.78 is 23.9. The quantitative estimate of drug-likeness (QED) is 0.557. The van der Waals surface area contributed by atoms with Gasteiger partial charge >= 0.3 is 0 Å². The summed E-state index contributed by atoms with van der Waals surface area (Å²) in [5.74, 6) is 2.42. The zero-order valence-corrected chi connectivity index (χ0v) is 16.5. The summed E-state index contributed by atoms with van der Waals surface area (Å²) in [6, 6.07) is 13.6. The van der Waals surface area contributed by atoms with Crippen LogP contribution in [0.25, 0.3) is 16.9 Å². The van der Waals surface area contributed by atoms with Crippen LogP contribution in [0.4, 0.5) is 0 Å². The van der Waals surface area contributed by atoms with Crippen molar-refractivity contribution >= 4 is 11.6 Å². The largest absolute Gasteiger partial charge is 0.493 e. The molecule has 1 heterocycles. The maximum Gasteiger partial charge on any atom is 0.203 e. The Morgan fingerprint density at radius 1 is 0.889 bits per heavy atom. The lowest BCUT2D eigenvalue weighted by Crippen LogP contribution is -2.00. The van der Waals surface area contributed by atoms with Gasteiger partial charge in [-0.15, -0.1) is 0 Å². The fourth-order valence-electron chi connectivity index (χ4n) is 2.98. The van der Waals surface area contributed by atoms with Crippen LogP contribution >= 0.6 is 11.6 Å². The van der Waals surface area contributed by atoms with Crippen molar-refractivity contribution in [2.75, 3.05) is 27.9 Å². The first-order valence-corrected chi connectivity index (χ1v) is 8.91. The van der Waals surface area contributed by atoms with Gasteiger partial charge < -0.3 is 23.5 Å². The highest BCUT2D eigenvalue weighted by molar-refractivity contribution is 6.32. The number of hydrogen-bond acceptors (Lipinski definition) is 4. The second-order valence-corrected chi connectivity index (χ2v) is 6.13. The van der Waals surface area contributed by atoms with Gasteiger partial charge in [-0.2, -0.15) is 0 Å². The molecule has 27 heavy (non-hydrogen) atoms. The number of methoxy groups -OCH3 is 3. The third kappa shape index (κ3) is 3.69. The minimum Gasteiger partial charge on any atom is -0.493 e.